The van der Waals surface area contributed by atoms with Crippen LogP contribution in [0.15, 0.2) is 54.7 Å². The molecule has 1 fully saturated rings. The van der Waals surface area contributed by atoms with E-state index < -0.39 is 0 Å². The minimum Gasteiger partial charge on any atom is -0.488 e. The summed E-state index contributed by atoms with van der Waals surface area (Å²) in [5, 5.41) is 2.93. The zero-order chi connectivity index (χ0) is 20.5. The molecule has 2 aromatic heterocycles. The van der Waals surface area contributed by atoms with Gasteiger partial charge in [-0.2, -0.15) is 0 Å². The second-order valence-corrected chi connectivity index (χ2v) is 7.20. The number of halogens is 1. The van der Waals surface area contributed by atoms with Gasteiger partial charge in [-0.3, -0.25) is 4.90 Å². The van der Waals surface area contributed by atoms with Crippen LogP contribution in [0.3, 0.4) is 0 Å². The maximum Gasteiger partial charge on any atom is 0.327 e. The fourth-order valence-electron chi connectivity index (χ4n) is 3.51. The third-order valence-electron chi connectivity index (χ3n) is 5.21. The monoisotopic (exact) mass is 405 g/mol. The SMILES string of the molecule is O=C(Nc1ccnc(N2CCC2)c1)N1CCOc2ccc(-c3cccc(F)c3)nc21. The topological polar surface area (TPSA) is 70.6 Å². The molecule has 4 heterocycles. The Morgan fingerprint density at radius 2 is 2.00 bits per heavy atom. The first-order chi connectivity index (χ1) is 14.7. The van der Waals surface area contributed by atoms with Crippen LogP contribution in [0, 0.1) is 5.82 Å². The van der Waals surface area contributed by atoms with Crippen LogP contribution in [0.2, 0.25) is 0 Å². The van der Waals surface area contributed by atoms with E-state index in [2.05, 4.69) is 20.2 Å². The van der Waals surface area contributed by atoms with Gasteiger partial charge < -0.3 is 15.0 Å². The third kappa shape index (κ3) is 3.52. The second-order valence-electron chi connectivity index (χ2n) is 7.20. The minimum atomic E-state index is -0.339. The molecule has 7 nitrogen and oxygen atoms in total. The highest BCUT2D eigenvalue weighted by molar-refractivity contribution is 6.02. The number of nitrogens with one attached hydrogen (secondary N) is 1. The molecule has 2 aliphatic rings. The predicted octanol–water partition coefficient (Wildman–Crippen LogP) is 3.92. The minimum absolute atomic E-state index is 0.302. The van der Waals surface area contributed by atoms with E-state index in [-0.39, 0.29) is 11.8 Å². The number of amides is 2. The van der Waals surface area contributed by atoms with E-state index in [4.69, 9.17) is 4.74 Å². The van der Waals surface area contributed by atoms with Crippen molar-refractivity contribution in [3.05, 3.63) is 60.5 Å². The number of hydrogen-bond acceptors (Lipinski definition) is 5. The van der Waals surface area contributed by atoms with Gasteiger partial charge in [0, 0.05) is 36.6 Å². The van der Waals surface area contributed by atoms with Crippen molar-refractivity contribution in [2.24, 2.45) is 0 Å². The predicted molar refractivity (Wildman–Crippen MR) is 113 cm³/mol. The molecule has 152 valence electrons. The molecule has 1 N–H and O–H groups in total. The lowest BCUT2D eigenvalue weighted by Crippen LogP contribution is -2.41. The maximum atomic E-state index is 13.6. The molecule has 2 aliphatic heterocycles. The Kier molecular flexibility index (Phi) is 4.66. The Hall–Kier alpha value is -3.68. The zero-order valence-electron chi connectivity index (χ0n) is 16.2. The molecule has 3 aromatic rings. The van der Waals surface area contributed by atoms with E-state index in [0.29, 0.717) is 41.7 Å². The fourth-order valence-corrected chi connectivity index (χ4v) is 3.51. The van der Waals surface area contributed by atoms with Gasteiger partial charge in [-0.15, -0.1) is 0 Å². The van der Waals surface area contributed by atoms with E-state index in [9.17, 15) is 9.18 Å². The molecule has 30 heavy (non-hydrogen) atoms. The Morgan fingerprint density at radius 3 is 2.80 bits per heavy atom. The lowest BCUT2D eigenvalue weighted by molar-refractivity contribution is 0.249. The van der Waals surface area contributed by atoms with Gasteiger partial charge in [-0.05, 0) is 36.8 Å². The quantitative estimate of drug-likeness (QED) is 0.715. The van der Waals surface area contributed by atoms with Crippen LogP contribution in [-0.4, -0.2) is 42.2 Å². The van der Waals surface area contributed by atoms with Crippen molar-refractivity contribution in [2.45, 2.75) is 6.42 Å². The molecule has 0 atom stereocenters. The molecular weight excluding hydrogens is 385 g/mol. The smallest absolute Gasteiger partial charge is 0.327 e. The van der Waals surface area contributed by atoms with Crippen LogP contribution in [0.25, 0.3) is 11.3 Å². The van der Waals surface area contributed by atoms with Gasteiger partial charge in [0.05, 0.1) is 12.2 Å². The van der Waals surface area contributed by atoms with Crippen molar-refractivity contribution in [3.63, 3.8) is 0 Å². The van der Waals surface area contributed by atoms with Crippen molar-refractivity contribution >= 4 is 23.4 Å². The van der Waals surface area contributed by atoms with Gasteiger partial charge >= 0.3 is 6.03 Å². The molecule has 5 rings (SSSR count). The fraction of sp³-hybridized carbons (Fsp3) is 0.227. The first-order valence-corrected chi connectivity index (χ1v) is 9.87. The van der Waals surface area contributed by atoms with E-state index in [1.54, 1.807) is 41.4 Å². The number of urea groups is 1. The molecule has 0 bridgehead atoms. The number of ether oxygens (including phenoxy) is 1. The van der Waals surface area contributed by atoms with Gasteiger partial charge in [0.2, 0.25) is 0 Å². The summed E-state index contributed by atoms with van der Waals surface area (Å²) in [6.45, 7) is 2.70. The van der Waals surface area contributed by atoms with Crippen LogP contribution in [-0.2, 0) is 0 Å². The molecule has 1 saturated heterocycles. The molecule has 0 radical (unpaired) electrons. The van der Waals surface area contributed by atoms with Crippen molar-refractivity contribution in [1.29, 1.82) is 0 Å². The van der Waals surface area contributed by atoms with Gasteiger partial charge in [0.15, 0.2) is 11.6 Å². The molecule has 0 aliphatic carbocycles. The standard InChI is InChI=1S/C22H20FN5O2/c23-16-4-1-3-15(13-16)18-5-6-19-21(26-18)28(11-12-30-19)22(29)25-17-7-8-24-20(14-17)27-9-2-10-27/h1,3-8,13-14H,2,9-12H2,(H,24,25,29). The molecule has 0 spiro atoms. The Bertz CT molecular complexity index is 1100. The van der Waals surface area contributed by atoms with Gasteiger partial charge in [-0.1, -0.05) is 12.1 Å². The number of benzene rings is 1. The number of aromatic nitrogens is 2. The number of carbonyl (C=O) groups is 1. The highest BCUT2D eigenvalue weighted by Crippen LogP contribution is 2.33. The largest absolute Gasteiger partial charge is 0.488 e. The highest BCUT2D eigenvalue weighted by atomic mass is 19.1. The van der Waals surface area contributed by atoms with Crippen molar-refractivity contribution in [2.75, 3.05) is 41.4 Å². The summed E-state index contributed by atoms with van der Waals surface area (Å²) in [6, 6.07) is 13.1. The zero-order valence-corrected chi connectivity index (χ0v) is 16.2. The summed E-state index contributed by atoms with van der Waals surface area (Å²) in [5.74, 6) is 1.45. The summed E-state index contributed by atoms with van der Waals surface area (Å²) in [7, 11) is 0. The molecule has 1 aromatic carbocycles. The Labute approximate surface area is 173 Å². The Morgan fingerprint density at radius 1 is 1.10 bits per heavy atom. The summed E-state index contributed by atoms with van der Waals surface area (Å²) < 4.78 is 19.3. The lowest BCUT2D eigenvalue weighted by atomic mass is 10.1. The Balaban J connectivity index is 1.41. The van der Waals surface area contributed by atoms with Crippen molar-refractivity contribution < 1.29 is 13.9 Å². The van der Waals surface area contributed by atoms with E-state index in [1.807, 2.05) is 6.07 Å². The summed E-state index contributed by atoms with van der Waals surface area (Å²) >= 11 is 0. The molecule has 2 amide bonds. The van der Waals surface area contributed by atoms with Crippen LogP contribution in [0.5, 0.6) is 5.75 Å². The molecular formula is C22H20FN5O2. The van der Waals surface area contributed by atoms with Crippen LogP contribution in [0.1, 0.15) is 6.42 Å². The van der Waals surface area contributed by atoms with Crippen LogP contribution < -0.4 is 19.9 Å². The number of fused-ring (bicyclic) bond motifs is 1. The number of carbonyl (C=O) groups excluding carboxylic acids is 1. The van der Waals surface area contributed by atoms with Gasteiger partial charge in [0.25, 0.3) is 0 Å². The molecule has 8 heteroatoms. The molecule has 0 unspecified atom stereocenters. The van der Waals surface area contributed by atoms with E-state index in [1.165, 1.54) is 12.1 Å². The number of pyridine rings is 2. The summed E-state index contributed by atoms with van der Waals surface area (Å²) in [5.41, 5.74) is 1.88. The lowest BCUT2D eigenvalue weighted by Gasteiger charge is -2.32. The first-order valence-electron chi connectivity index (χ1n) is 9.87. The van der Waals surface area contributed by atoms with E-state index >= 15 is 0 Å². The highest BCUT2D eigenvalue weighted by Gasteiger charge is 2.26. The van der Waals surface area contributed by atoms with Crippen LogP contribution in [0.4, 0.5) is 26.5 Å². The van der Waals surface area contributed by atoms with Crippen LogP contribution >= 0.6 is 0 Å². The first kappa shape index (κ1) is 18.4. The molecule has 0 saturated carbocycles. The van der Waals surface area contributed by atoms with Gasteiger partial charge in [0.1, 0.15) is 18.2 Å². The normalized spacial score (nSPS) is 15.1. The second kappa shape index (κ2) is 7.62. The third-order valence-corrected chi connectivity index (χ3v) is 5.21. The summed E-state index contributed by atoms with van der Waals surface area (Å²) in [4.78, 5) is 25.7. The number of anilines is 3. The van der Waals surface area contributed by atoms with Crippen molar-refractivity contribution in [1.82, 2.24) is 9.97 Å². The maximum absolute atomic E-state index is 13.6. The van der Waals surface area contributed by atoms with E-state index in [0.717, 1.165) is 25.3 Å². The number of rotatable bonds is 3. The average molecular weight is 405 g/mol. The van der Waals surface area contributed by atoms with Crippen molar-refractivity contribution in [3.8, 4) is 17.0 Å². The number of nitrogens with zero attached hydrogens (tertiary/aromatic N) is 4. The summed E-state index contributed by atoms with van der Waals surface area (Å²) in [6.07, 6.45) is 2.85. The average Bonchev–Trinajstić information content (AvgIpc) is 2.72. The van der Waals surface area contributed by atoms with Gasteiger partial charge in [-0.25, -0.2) is 19.2 Å². The number of hydrogen-bond donors (Lipinski definition) is 1.